The lowest BCUT2D eigenvalue weighted by atomic mass is 9.94. The van der Waals surface area contributed by atoms with Gasteiger partial charge in [0.1, 0.15) is 5.75 Å². The molecule has 1 rings (SSSR count). The number of rotatable bonds is 4. The first-order chi connectivity index (χ1) is 7.42. The van der Waals surface area contributed by atoms with E-state index in [0.717, 1.165) is 22.1 Å². The summed E-state index contributed by atoms with van der Waals surface area (Å²) >= 11 is 1.80. The first-order valence-electron chi connectivity index (χ1n) is 5.49. The number of thioether (sulfide) groups is 1. The van der Waals surface area contributed by atoms with Crippen molar-refractivity contribution >= 4 is 17.4 Å². The monoisotopic (exact) mass is 239 g/mol. The van der Waals surface area contributed by atoms with E-state index in [0.29, 0.717) is 5.41 Å². The third-order valence-corrected chi connectivity index (χ3v) is 3.40. The average Bonchev–Trinajstić information content (AvgIpc) is 2.19. The number of anilines is 1. The maximum Gasteiger partial charge on any atom is 0.120 e. The zero-order chi connectivity index (χ0) is 12.2. The number of benzene rings is 1. The Balaban J connectivity index is 2.59. The van der Waals surface area contributed by atoms with E-state index in [1.165, 1.54) is 6.42 Å². The van der Waals surface area contributed by atoms with Crippen molar-refractivity contribution in [1.29, 1.82) is 0 Å². The van der Waals surface area contributed by atoms with Gasteiger partial charge in [0.05, 0.1) is 7.11 Å². The van der Waals surface area contributed by atoms with Crippen molar-refractivity contribution in [3.05, 3.63) is 18.2 Å². The van der Waals surface area contributed by atoms with Crippen molar-refractivity contribution in [1.82, 2.24) is 0 Å². The molecule has 90 valence electrons. The molecule has 0 atom stereocenters. The lowest BCUT2D eigenvalue weighted by Crippen LogP contribution is -2.05. The average molecular weight is 239 g/mol. The Morgan fingerprint density at radius 3 is 2.56 bits per heavy atom. The molecule has 0 heterocycles. The second-order valence-corrected chi connectivity index (χ2v) is 6.20. The standard InChI is InChI=1S/C13H21NOS/c1-13(2,3)7-8-16-12-9-10(15-4)5-6-11(12)14/h5-6,9H,7-8,14H2,1-4H3. The van der Waals surface area contributed by atoms with Crippen LogP contribution in [0.2, 0.25) is 0 Å². The van der Waals surface area contributed by atoms with Crippen molar-refractivity contribution in [3.63, 3.8) is 0 Å². The highest BCUT2D eigenvalue weighted by molar-refractivity contribution is 7.99. The quantitative estimate of drug-likeness (QED) is 0.641. The second-order valence-electron chi connectivity index (χ2n) is 5.06. The van der Waals surface area contributed by atoms with Crippen molar-refractivity contribution in [2.75, 3.05) is 18.6 Å². The van der Waals surface area contributed by atoms with Gasteiger partial charge in [-0.2, -0.15) is 0 Å². The van der Waals surface area contributed by atoms with Gasteiger partial charge in [-0.25, -0.2) is 0 Å². The fraction of sp³-hybridized carbons (Fsp3) is 0.538. The largest absolute Gasteiger partial charge is 0.497 e. The van der Waals surface area contributed by atoms with Crippen LogP contribution in [0, 0.1) is 5.41 Å². The smallest absolute Gasteiger partial charge is 0.120 e. The molecule has 0 aliphatic heterocycles. The molecule has 0 radical (unpaired) electrons. The molecule has 0 unspecified atom stereocenters. The molecule has 0 aliphatic rings. The van der Waals surface area contributed by atoms with Gasteiger partial charge in [-0.1, -0.05) is 20.8 Å². The topological polar surface area (TPSA) is 35.2 Å². The minimum absolute atomic E-state index is 0.376. The van der Waals surface area contributed by atoms with Crippen LogP contribution in [0.5, 0.6) is 5.75 Å². The zero-order valence-corrected chi connectivity index (χ0v) is 11.4. The Kier molecular flexibility index (Phi) is 4.54. The van der Waals surface area contributed by atoms with Crippen molar-refractivity contribution < 1.29 is 4.74 Å². The minimum atomic E-state index is 0.376. The SMILES string of the molecule is COc1ccc(N)c(SCCC(C)(C)C)c1. The van der Waals surface area contributed by atoms with Gasteiger partial charge in [0.15, 0.2) is 0 Å². The summed E-state index contributed by atoms with van der Waals surface area (Å²) in [6.07, 6.45) is 1.17. The molecule has 0 amide bonds. The van der Waals surface area contributed by atoms with Crippen LogP contribution in [0.1, 0.15) is 27.2 Å². The van der Waals surface area contributed by atoms with Crippen LogP contribution in [0.25, 0.3) is 0 Å². The number of hydrogen-bond donors (Lipinski definition) is 1. The molecule has 0 saturated carbocycles. The number of ether oxygens (including phenoxy) is 1. The maximum atomic E-state index is 5.92. The molecule has 3 heteroatoms. The van der Waals surface area contributed by atoms with Crippen molar-refractivity contribution in [2.45, 2.75) is 32.1 Å². The van der Waals surface area contributed by atoms with Gasteiger partial charge in [0.2, 0.25) is 0 Å². The molecule has 0 aromatic heterocycles. The number of nitrogens with two attached hydrogens (primary N) is 1. The number of nitrogen functional groups attached to an aromatic ring is 1. The van der Waals surface area contributed by atoms with Crippen LogP contribution in [0.3, 0.4) is 0 Å². The van der Waals surface area contributed by atoms with Gasteiger partial charge in [0, 0.05) is 10.6 Å². The summed E-state index contributed by atoms with van der Waals surface area (Å²) in [5, 5.41) is 0. The molecule has 0 aliphatic carbocycles. The maximum absolute atomic E-state index is 5.92. The highest BCUT2D eigenvalue weighted by Crippen LogP contribution is 2.31. The van der Waals surface area contributed by atoms with Gasteiger partial charge < -0.3 is 10.5 Å². The van der Waals surface area contributed by atoms with Gasteiger partial charge in [-0.05, 0) is 35.8 Å². The van der Waals surface area contributed by atoms with Crippen molar-refractivity contribution in [3.8, 4) is 5.75 Å². The van der Waals surface area contributed by atoms with E-state index in [1.807, 2.05) is 18.2 Å². The molecular weight excluding hydrogens is 218 g/mol. The van der Waals surface area contributed by atoms with E-state index in [1.54, 1.807) is 18.9 Å². The van der Waals surface area contributed by atoms with Crippen LogP contribution < -0.4 is 10.5 Å². The molecule has 2 N–H and O–H groups in total. The molecular formula is C13H21NOS. The Morgan fingerprint density at radius 2 is 2.00 bits per heavy atom. The second kappa shape index (κ2) is 5.48. The zero-order valence-electron chi connectivity index (χ0n) is 10.5. The molecule has 0 spiro atoms. The van der Waals surface area contributed by atoms with Gasteiger partial charge in [-0.15, -0.1) is 11.8 Å². The lowest BCUT2D eigenvalue weighted by molar-refractivity contribution is 0.401. The molecule has 16 heavy (non-hydrogen) atoms. The van der Waals surface area contributed by atoms with Gasteiger partial charge >= 0.3 is 0 Å². The van der Waals surface area contributed by atoms with Crippen LogP contribution in [-0.4, -0.2) is 12.9 Å². The van der Waals surface area contributed by atoms with Gasteiger partial charge in [0.25, 0.3) is 0 Å². The van der Waals surface area contributed by atoms with Crippen molar-refractivity contribution in [2.24, 2.45) is 5.41 Å². The molecule has 0 bridgehead atoms. The Labute approximate surface area is 103 Å². The summed E-state index contributed by atoms with van der Waals surface area (Å²) in [6.45, 7) is 6.76. The molecule has 0 saturated heterocycles. The van der Waals surface area contributed by atoms with E-state index in [-0.39, 0.29) is 0 Å². The summed E-state index contributed by atoms with van der Waals surface area (Å²) in [5.74, 6) is 1.95. The predicted molar refractivity (Wildman–Crippen MR) is 72.2 cm³/mol. The minimum Gasteiger partial charge on any atom is -0.497 e. The number of hydrogen-bond acceptors (Lipinski definition) is 3. The summed E-state index contributed by atoms with van der Waals surface area (Å²) in [4.78, 5) is 1.11. The summed E-state index contributed by atoms with van der Waals surface area (Å²) < 4.78 is 5.19. The Bertz CT molecular complexity index is 344. The molecule has 0 fully saturated rings. The highest BCUT2D eigenvalue weighted by Gasteiger charge is 2.10. The predicted octanol–water partition coefficient (Wildman–Crippen LogP) is 3.81. The third-order valence-electron chi connectivity index (χ3n) is 2.33. The normalized spacial score (nSPS) is 11.5. The van der Waals surface area contributed by atoms with Gasteiger partial charge in [-0.3, -0.25) is 0 Å². The van der Waals surface area contributed by atoms with Crippen LogP contribution in [0.15, 0.2) is 23.1 Å². The third kappa shape index (κ3) is 4.35. The van der Waals surface area contributed by atoms with Crippen LogP contribution in [0.4, 0.5) is 5.69 Å². The fourth-order valence-corrected chi connectivity index (χ4v) is 2.60. The number of methoxy groups -OCH3 is 1. The summed E-state index contributed by atoms with van der Waals surface area (Å²) in [7, 11) is 1.68. The Hall–Kier alpha value is -0.830. The van der Waals surface area contributed by atoms with E-state index in [4.69, 9.17) is 10.5 Å². The Morgan fingerprint density at radius 1 is 1.31 bits per heavy atom. The summed E-state index contributed by atoms with van der Waals surface area (Å²) in [6, 6.07) is 5.80. The van der Waals surface area contributed by atoms with Crippen LogP contribution >= 0.6 is 11.8 Å². The van der Waals surface area contributed by atoms with E-state index in [9.17, 15) is 0 Å². The highest BCUT2D eigenvalue weighted by atomic mass is 32.2. The first-order valence-corrected chi connectivity index (χ1v) is 6.47. The van der Waals surface area contributed by atoms with E-state index >= 15 is 0 Å². The fourth-order valence-electron chi connectivity index (χ4n) is 1.23. The summed E-state index contributed by atoms with van der Waals surface area (Å²) in [5.41, 5.74) is 7.13. The van der Waals surface area contributed by atoms with Crippen LogP contribution in [-0.2, 0) is 0 Å². The lowest BCUT2D eigenvalue weighted by Gasteiger charge is -2.17. The van der Waals surface area contributed by atoms with E-state index in [2.05, 4.69) is 20.8 Å². The molecule has 2 nitrogen and oxygen atoms in total. The van der Waals surface area contributed by atoms with E-state index < -0.39 is 0 Å². The molecule has 1 aromatic rings. The first kappa shape index (κ1) is 13.2. The molecule has 1 aromatic carbocycles.